The summed E-state index contributed by atoms with van der Waals surface area (Å²) in [6.45, 7) is 1.21. The van der Waals surface area contributed by atoms with Crippen LogP contribution in [0.1, 0.15) is 16.2 Å². The Balaban J connectivity index is 2.55. The van der Waals surface area contributed by atoms with E-state index < -0.39 is 18.5 Å². The maximum atomic E-state index is 11.8. The topological polar surface area (TPSA) is 102 Å². The van der Waals surface area contributed by atoms with Gasteiger partial charge in [-0.25, -0.2) is 14.6 Å². The molecule has 100 valence electrons. The summed E-state index contributed by atoms with van der Waals surface area (Å²) in [5.41, 5.74) is 1.17. The van der Waals surface area contributed by atoms with Crippen molar-refractivity contribution >= 4 is 23.0 Å². The maximum Gasteiger partial charge on any atom is 0.343 e. The number of aryl methyl sites for hydroxylation is 1. The molecule has 1 aromatic heterocycles. The van der Waals surface area contributed by atoms with Crippen LogP contribution in [-0.4, -0.2) is 40.7 Å². The second kappa shape index (κ2) is 4.97. The Morgan fingerprint density at radius 1 is 1.42 bits per heavy atom. The molecule has 2 N–H and O–H groups in total. The standard InChI is InChI=1S/C12H12N2O5/c1-6-13-7-3-4-8(19-5-9(15)16)10(11(7)14-6)12(17)18-2/h3-4H,5H2,1-2H3,(H,13,14)(H,15,16). The second-order valence-electron chi connectivity index (χ2n) is 3.83. The molecule has 0 radical (unpaired) electrons. The fourth-order valence-electron chi connectivity index (χ4n) is 1.74. The van der Waals surface area contributed by atoms with Gasteiger partial charge in [-0.15, -0.1) is 0 Å². The zero-order valence-electron chi connectivity index (χ0n) is 10.4. The number of aliphatic carboxylic acids is 1. The lowest BCUT2D eigenvalue weighted by atomic mass is 10.1. The van der Waals surface area contributed by atoms with E-state index in [1.54, 1.807) is 13.0 Å². The number of ether oxygens (including phenoxy) is 2. The van der Waals surface area contributed by atoms with Crippen molar-refractivity contribution in [3.8, 4) is 5.75 Å². The van der Waals surface area contributed by atoms with E-state index in [2.05, 4.69) is 14.7 Å². The van der Waals surface area contributed by atoms with Crippen molar-refractivity contribution in [2.75, 3.05) is 13.7 Å². The fraction of sp³-hybridized carbons (Fsp3) is 0.250. The Kier molecular flexibility index (Phi) is 3.37. The highest BCUT2D eigenvalue weighted by molar-refractivity contribution is 6.04. The van der Waals surface area contributed by atoms with Gasteiger partial charge in [0.05, 0.1) is 12.6 Å². The quantitative estimate of drug-likeness (QED) is 0.802. The van der Waals surface area contributed by atoms with Gasteiger partial charge in [0, 0.05) is 0 Å². The van der Waals surface area contributed by atoms with Crippen LogP contribution in [0.5, 0.6) is 5.75 Å². The van der Waals surface area contributed by atoms with E-state index in [4.69, 9.17) is 9.84 Å². The summed E-state index contributed by atoms with van der Waals surface area (Å²) in [5.74, 6) is -0.990. The van der Waals surface area contributed by atoms with Crippen LogP contribution in [0.3, 0.4) is 0 Å². The number of hydrogen-bond donors (Lipinski definition) is 2. The van der Waals surface area contributed by atoms with E-state index in [1.807, 2.05) is 0 Å². The number of rotatable bonds is 4. The van der Waals surface area contributed by atoms with Gasteiger partial charge >= 0.3 is 11.9 Å². The average Bonchev–Trinajstić information content (AvgIpc) is 2.74. The molecule has 1 aromatic carbocycles. The van der Waals surface area contributed by atoms with E-state index in [0.29, 0.717) is 16.9 Å². The van der Waals surface area contributed by atoms with Crippen LogP contribution in [-0.2, 0) is 9.53 Å². The number of carboxylic acid groups (broad SMARTS) is 1. The van der Waals surface area contributed by atoms with Gasteiger partial charge in [-0.3, -0.25) is 0 Å². The number of benzene rings is 1. The molecular weight excluding hydrogens is 252 g/mol. The largest absolute Gasteiger partial charge is 0.481 e. The van der Waals surface area contributed by atoms with Crippen molar-refractivity contribution < 1.29 is 24.2 Å². The number of esters is 1. The summed E-state index contributed by atoms with van der Waals surface area (Å²) in [6, 6.07) is 3.17. The summed E-state index contributed by atoms with van der Waals surface area (Å²) in [4.78, 5) is 29.5. The minimum absolute atomic E-state index is 0.116. The summed E-state index contributed by atoms with van der Waals surface area (Å²) in [7, 11) is 1.24. The number of H-pyrrole nitrogens is 1. The molecule has 0 bridgehead atoms. The van der Waals surface area contributed by atoms with Crippen LogP contribution in [0, 0.1) is 6.92 Å². The van der Waals surface area contributed by atoms with Gasteiger partial charge in [-0.05, 0) is 19.1 Å². The molecule has 0 saturated heterocycles. The summed E-state index contributed by atoms with van der Waals surface area (Å²) < 4.78 is 9.77. The number of nitrogens with one attached hydrogen (secondary N) is 1. The van der Waals surface area contributed by atoms with Gasteiger partial charge in [-0.2, -0.15) is 0 Å². The molecule has 19 heavy (non-hydrogen) atoms. The first kappa shape index (κ1) is 12.9. The molecule has 1 heterocycles. The number of carbonyl (C=O) groups excluding carboxylic acids is 1. The van der Waals surface area contributed by atoms with Crippen molar-refractivity contribution in [1.29, 1.82) is 0 Å². The molecule has 2 rings (SSSR count). The monoisotopic (exact) mass is 264 g/mol. The minimum atomic E-state index is -1.13. The smallest absolute Gasteiger partial charge is 0.343 e. The number of fused-ring (bicyclic) bond motifs is 1. The Morgan fingerprint density at radius 2 is 2.16 bits per heavy atom. The number of aromatic nitrogens is 2. The highest BCUT2D eigenvalue weighted by atomic mass is 16.5. The molecule has 0 amide bonds. The SMILES string of the molecule is COC(=O)c1c(OCC(=O)O)ccc2[nH]c(C)nc12. The summed E-state index contributed by atoms with van der Waals surface area (Å²) >= 11 is 0. The van der Waals surface area contributed by atoms with Gasteiger partial charge in [0.25, 0.3) is 0 Å². The van der Waals surface area contributed by atoms with Gasteiger partial charge in [0.2, 0.25) is 0 Å². The van der Waals surface area contributed by atoms with Crippen molar-refractivity contribution in [1.82, 2.24) is 9.97 Å². The Hall–Kier alpha value is -2.57. The van der Waals surface area contributed by atoms with Gasteiger partial charge in [-0.1, -0.05) is 0 Å². The molecule has 0 aliphatic heterocycles. The number of methoxy groups -OCH3 is 1. The third kappa shape index (κ3) is 2.49. The number of carbonyl (C=O) groups is 2. The lowest BCUT2D eigenvalue weighted by Crippen LogP contribution is -2.13. The molecule has 0 unspecified atom stereocenters. The highest BCUT2D eigenvalue weighted by Crippen LogP contribution is 2.27. The Labute approximate surface area is 108 Å². The molecule has 0 fully saturated rings. The summed E-state index contributed by atoms with van der Waals surface area (Å²) in [5, 5.41) is 8.62. The van der Waals surface area contributed by atoms with Crippen molar-refractivity contribution in [2.45, 2.75) is 6.92 Å². The molecular formula is C12H12N2O5. The highest BCUT2D eigenvalue weighted by Gasteiger charge is 2.20. The first-order chi connectivity index (χ1) is 9.02. The average molecular weight is 264 g/mol. The predicted molar refractivity (Wildman–Crippen MR) is 65.3 cm³/mol. The number of hydrogen-bond acceptors (Lipinski definition) is 5. The molecule has 7 heteroatoms. The van der Waals surface area contributed by atoms with Crippen LogP contribution in [0.4, 0.5) is 0 Å². The first-order valence-corrected chi connectivity index (χ1v) is 5.45. The van der Waals surface area contributed by atoms with Crippen molar-refractivity contribution in [3.05, 3.63) is 23.5 Å². The van der Waals surface area contributed by atoms with Gasteiger partial charge < -0.3 is 19.6 Å². The predicted octanol–water partition coefficient (Wildman–Crippen LogP) is 1.12. The van der Waals surface area contributed by atoms with Crippen LogP contribution in [0.15, 0.2) is 12.1 Å². The minimum Gasteiger partial charge on any atom is -0.481 e. The second-order valence-corrected chi connectivity index (χ2v) is 3.83. The van der Waals surface area contributed by atoms with E-state index in [9.17, 15) is 9.59 Å². The van der Waals surface area contributed by atoms with E-state index in [0.717, 1.165) is 0 Å². The Bertz CT molecular complexity index is 647. The molecule has 2 aromatic rings. The number of aromatic amines is 1. The number of carboxylic acids is 1. The fourth-order valence-corrected chi connectivity index (χ4v) is 1.74. The molecule has 0 atom stereocenters. The zero-order chi connectivity index (χ0) is 14.0. The maximum absolute atomic E-state index is 11.8. The number of imidazole rings is 1. The van der Waals surface area contributed by atoms with Crippen LogP contribution >= 0.6 is 0 Å². The molecule has 0 aliphatic carbocycles. The van der Waals surface area contributed by atoms with Gasteiger partial charge in [0.1, 0.15) is 22.7 Å². The van der Waals surface area contributed by atoms with Crippen LogP contribution in [0.2, 0.25) is 0 Å². The molecule has 0 spiro atoms. The molecule has 7 nitrogen and oxygen atoms in total. The van der Waals surface area contributed by atoms with Gasteiger partial charge in [0.15, 0.2) is 6.61 Å². The van der Waals surface area contributed by atoms with Crippen LogP contribution in [0.25, 0.3) is 11.0 Å². The van der Waals surface area contributed by atoms with Crippen LogP contribution < -0.4 is 4.74 Å². The lowest BCUT2D eigenvalue weighted by Gasteiger charge is -2.08. The van der Waals surface area contributed by atoms with E-state index in [-0.39, 0.29) is 11.3 Å². The normalized spacial score (nSPS) is 10.4. The first-order valence-electron chi connectivity index (χ1n) is 5.45. The third-order valence-corrected chi connectivity index (χ3v) is 2.48. The lowest BCUT2D eigenvalue weighted by molar-refractivity contribution is -0.139. The molecule has 0 saturated carbocycles. The van der Waals surface area contributed by atoms with E-state index >= 15 is 0 Å². The molecule has 0 aliphatic rings. The number of nitrogens with zero attached hydrogens (tertiary/aromatic N) is 1. The van der Waals surface area contributed by atoms with E-state index in [1.165, 1.54) is 13.2 Å². The Morgan fingerprint density at radius 3 is 2.79 bits per heavy atom. The zero-order valence-corrected chi connectivity index (χ0v) is 10.4. The third-order valence-electron chi connectivity index (χ3n) is 2.48. The van der Waals surface area contributed by atoms with Crippen molar-refractivity contribution in [2.24, 2.45) is 0 Å². The van der Waals surface area contributed by atoms with Crippen molar-refractivity contribution in [3.63, 3.8) is 0 Å². The summed E-state index contributed by atoms with van der Waals surface area (Å²) in [6.07, 6.45) is 0.